The van der Waals surface area contributed by atoms with Gasteiger partial charge in [0.1, 0.15) is 0 Å². The van der Waals surface area contributed by atoms with Crippen molar-refractivity contribution in [1.29, 1.82) is 0 Å². The van der Waals surface area contributed by atoms with E-state index in [2.05, 4.69) is 16.0 Å². The third-order valence-corrected chi connectivity index (χ3v) is 5.88. The van der Waals surface area contributed by atoms with Gasteiger partial charge in [-0.3, -0.25) is 9.78 Å². The molecule has 1 fully saturated rings. The van der Waals surface area contributed by atoms with E-state index in [-0.39, 0.29) is 11.9 Å². The van der Waals surface area contributed by atoms with Gasteiger partial charge >= 0.3 is 0 Å². The molecule has 1 aliphatic heterocycles. The fourth-order valence-corrected chi connectivity index (χ4v) is 4.57. The Morgan fingerprint density at radius 3 is 2.88 bits per heavy atom. The van der Waals surface area contributed by atoms with Crippen molar-refractivity contribution >= 4 is 27.5 Å². The molecule has 1 atom stereocenters. The molecule has 1 aromatic carbocycles. The van der Waals surface area contributed by atoms with Crippen LogP contribution < -0.4 is 0 Å². The monoisotopic (exact) mass is 351 g/mol. The summed E-state index contributed by atoms with van der Waals surface area (Å²) in [5.41, 5.74) is 2.26. The van der Waals surface area contributed by atoms with E-state index in [9.17, 15) is 4.79 Å². The zero-order valence-electron chi connectivity index (χ0n) is 14.1. The quantitative estimate of drug-likeness (QED) is 0.685. The number of hydrogen-bond donors (Lipinski definition) is 0. The van der Waals surface area contributed by atoms with Crippen molar-refractivity contribution in [2.75, 3.05) is 6.54 Å². The molecule has 4 rings (SSSR count). The van der Waals surface area contributed by atoms with Gasteiger partial charge in [-0.25, -0.2) is 4.98 Å². The Morgan fingerprint density at radius 1 is 1.20 bits per heavy atom. The molecule has 1 amide bonds. The first-order chi connectivity index (χ1) is 12.3. The molecule has 25 heavy (non-hydrogen) atoms. The molecule has 0 N–H and O–H groups in total. The third kappa shape index (κ3) is 3.56. The lowest BCUT2D eigenvalue weighted by atomic mass is 10.1. The molecule has 0 aliphatic carbocycles. The summed E-state index contributed by atoms with van der Waals surface area (Å²) in [5, 5.41) is 1.13. The molecule has 1 aliphatic rings. The zero-order chi connectivity index (χ0) is 17.1. The number of carbonyl (C=O) groups is 1. The van der Waals surface area contributed by atoms with E-state index in [4.69, 9.17) is 0 Å². The minimum Gasteiger partial charge on any atom is -0.336 e. The van der Waals surface area contributed by atoms with Gasteiger partial charge in [-0.2, -0.15) is 0 Å². The van der Waals surface area contributed by atoms with Crippen molar-refractivity contribution in [2.45, 2.75) is 38.1 Å². The fraction of sp³-hybridized carbons (Fsp3) is 0.350. The Kier molecular flexibility index (Phi) is 4.74. The molecule has 0 bridgehead atoms. The number of amides is 1. The molecular formula is C20H21N3OS. The Bertz CT molecular complexity index is 829. The van der Waals surface area contributed by atoms with Crippen LogP contribution in [0.25, 0.3) is 10.2 Å². The Morgan fingerprint density at radius 2 is 2.04 bits per heavy atom. The molecular weight excluding hydrogens is 330 g/mol. The zero-order valence-corrected chi connectivity index (χ0v) is 14.9. The van der Waals surface area contributed by atoms with Gasteiger partial charge < -0.3 is 4.90 Å². The van der Waals surface area contributed by atoms with E-state index in [1.165, 1.54) is 10.3 Å². The molecule has 128 valence electrons. The van der Waals surface area contributed by atoms with Crippen LogP contribution in [0.4, 0.5) is 0 Å². The number of carbonyl (C=O) groups excluding carboxylic acids is 1. The number of pyridine rings is 1. The Labute approximate surface area is 151 Å². The molecule has 3 aromatic rings. The summed E-state index contributed by atoms with van der Waals surface area (Å²) in [6.07, 6.45) is 8.08. The lowest BCUT2D eigenvalue weighted by Crippen LogP contribution is -2.30. The van der Waals surface area contributed by atoms with E-state index in [0.29, 0.717) is 6.42 Å². The summed E-state index contributed by atoms with van der Waals surface area (Å²) >= 11 is 1.74. The van der Waals surface area contributed by atoms with Gasteiger partial charge in [0.25, 0.3) is 0 Å². The van der Waals surface area contributed by atoms with Gasteiger partial charge in [-0.15, -0.1) is 11.3 Å². The third-order valence-electron chi connectivity index (χ3n) is 4.78. The average molecular weight is 351 g/mol. The lowest BCUT2D eigenvalue weighted by molar-refractivity contribution is -0.132. The van der Waals surface area contributed by atoms with Crippen molar-refractivity contribution in [3.63, 3.8) is 0 Å². The number of likely N-dealkylation sites (tertiary alicyclic amines) is 1. The highest BCUT2D eigenvalue weighted by atomic mass is 32.1. The SMILES string of the molecule is O=C(CCCc1nc2ccccc2s1)N1CCC[C@@H]1c1ccncc1. The van der Waals surface area contributed by atoms with Gasteiger partial charge in [0, 0.05) is 25.4 Å². The van der Waals surface area contributed by atoms with Gasteiger partial charge in [0.05, 0.1) is 21.3 Å². The summed E-state index contributed by atoms with van der Waals surface area (Å²) in [7, 11) is 0. The molecule has 0 unspecified atom stereocenters. The van der Waals surface area contributed by atoms with Crippen molar-refractivity contribution < 1.29 is 4.79 Å². The summed E-state index contributed by atoms with van der Waals surface area (Å²) in [6.45, 7) is 0.868. The molecule has 3 heterocycles. The Balaban J connectivity index is 1.35. The van der Waals surface area contributed by atoms with E-state index < -0.39 is 0 Å². The number of aromatic nitrogens is 2. The summed E-state index contributed by atoms with van der Waals surface area (Å²) in [5.74, 6) is 0.264. The van der Waals surface area contributed by atoms with Crippen molar-refractivity contribution in [1.82, 2.24) is 14.9 Å². The number of fused-ring (bicyclic) bond motifs is 1. The smallest absolute Gasteiger partial charge is 0.223 e. The highest BCUT2D eigenvalue weighted by Gasteiger charge is 2.29. The number of benzene rings is 1. The van der Waals surface area contributed by atoms with Crippen LogP contribution in [0.3, 0.4) is 0 Å². The number of aryl methyl sites for hydroxylation is 1. The first-order valence-electron chi connectivity index (χ1n) is 8.85. The Hall–Kier alpha value is -2.27. The van der Waals surface area contributed by atoms with Crippen LogP contribution in [-0.4, -0.2) is 27.3 Å². The van der Waals surface area contributed by atoms with Crippen LogP contribution in [0.15, 0.2) is 48.8 Å². The van der Waals surface area contributed by atoms with Crippen LogP contribution in [0.5, 0.6) is 0 Å². The molecule has 2 aromatic heterocycles. The van der Waals surface area contributed by atoms with Gasteiger partial charge in [0.15, 0.2) is 0 Å². The molecule has 0 spiro atoms. The summed E-state index contributed by atoms with van der Waals surface area (Å²) in [4.78, 5) is 23.5. The van der Waals surface area contributed by atoms with Crippen LogP contribution in [0.1, 0.15) is 42.3 Å². The highest BCUT2D eigenvalue weighted by Crippen LogP contribution is 2.32. The normalized spacial score (nSPS) is 17.3. The number of nitrogens with zero attached hydrogens (tertiary/aromatic N) is 3. The van der Waals surface area contributed by atoms with E-state index in [1.807, 2.05) is 47.6 Å². The highest BCUT2D eigenvalue weighted by molar-refractivity contribution is 7.18. The van der Waals surface area contributed by atoms with Gasteiger partial charge in [-0.1, -0.05) is 12.1 Å². The summed E-state index contributed by atoms with van der Waals surface area (Å²) in [6, 6.07) is 12.5. The van der Waals surface area contributed by atoms with Crippen LogP contribution in [-0.2, 0) is 11.2 Å². The largest absolute Gasteiger partial charge is 0.336 e. The first kappa shape index (κ1) is 16.2. The second-order valence-corrected chi connectivity index (χ2v) is 7.57. The number of hydrogen-bond acceptors (Lipinski definition) is 4. The van der Waals surface area contributed by atoms with Crippen LogP contribution in [0, 0.1) is 0 Å². The molecule has 4 nitrogen and oxygen atoms in total. The first-order valence-corrected chi connectivity index (χ1v) is 9.67. The maximum Gasteiger partial charge on any atom is 0.223 e. The van der Waals surface area contributed by atoms with E-state index in [0.717, 1.165) is 42.8 Å². The fourth-order valence-electron chi connectivity index (χ4n) is 3.56. The average Bonchev–Trinajstić information content (AvgIpc) is 3.29. The predicted molar refractivity (Wildman–Crippen MR) is 100 cm³/mol. The summed E-state index contributed by atoms with van der Waals surface area (Å²) < 4.78 is 1.22. The van der Waals surface area contributed by atoms with Crippen LogP contribution in [0.2, 0.25) is 0 Å². The topological polar surface area (TPSA) is 46.1 Å². The van der Waals surface area contributed by atoms with Crippen molar-refractivity contribution in [3.05, 3.63) is 59.4 Å². The number of rotatable bonds is 5. The number of thiazole rings is 1. The van der Waals surface area contributed by atoms with E-state index in [1.54, 1.807) is 11.3 Å². The molecule has 5 heteroatoms. The van der Waals surface area contributed by atoms with Crippen molar-refractivity contribution in [3.8, 4) is 0 Å². The predicted octanol–water partition coefficient (Wildman–Crippen LogP) is 4.38. The maximum absolute atomic E-state index is 12.7. The second kappa shape index (κ2) is 7.31. The second-order valence-electron chi connectivity index (χ2n) is 6.45. The van der Waals surface area contributed by atoms with Crippen molar-refractivity contribution in [2.24, 2.45) is 0 Å². The standard InChI is InChI=1S/C20H21N3OS/c24-20(23-14-4-6-17(23)15-10-12-21-13-11-15)9-3-8-19-22-16-5-1-2-7-18(16)25-19/h1-2,5,7,10-13,17H,3-4,6,8-9,14H2/t17-/m1/s1. The van der Waals surface area contributed by atoms with Crippen LogP contribution >= 0.6 is 11.3 Å². The molecule has 1 saturated heterocycles. The molecule has 0 saturated carbocycles. The van der Waals surface area contributed by atoms with Gasteiger partial charge in [0.2, 0.25) is 5.91 Å². The lowest BCUT2D eigenvalue weighted by Gasteiger charge is -2.25. The van der Waals surface area contributed by atoms with E-state index >= 15 is 0 Å². The molecule has 0 radical (unpaired) electrons. The minimum absolute atomic E-state index is 0.220. The maximum atomic E-state index is 12.7. The van der Waals surface area contributed by atoms with Gasteiger partial charge in [-0.05, 0) is 55.5 Å². The number of para-hydroxylation sites is 1. The minimum atomic E-state index is 0.220.